The Hall–Kier alpha value is -3.46. The van der Waals surface area contributed by atoms with Crippen molar-refractivity contribution in [1.29, 1.82) is 0 Å². The molecular weight excluding hydrogens is 470 g/mol. The highest BCUT2D eigenvalue weighted by molar-refractivity contribution is 7.89. The van der Waals surface area contributed by atoms with E-state index in [9.17, 15) is 22.8 Å². The summed E-state index contributed by atoms with van der Waals surface area (Å²) in [7, 11) is -4.26. The van der Waals surface area contributed by atoms with Crippen molar-refractivity contribution in [3.05, 3.63) is 77.9 Å². The summed E-state index contributed by atoms with van der Waals surface area (Å²) < 4.78 is 38.7. The monoisotopic (exact) mass is 497 g/mol. The van der Waals surface area contributed by atoms with Crippen molar-refractivity contribution in [3.8, 4) is 0 Å². The maximum atomic E-state index is 14.0. The molecule has 1 amide bonds. The van der Waals surface area contributed by atoms with Crippen molar-refractivity contribution >= 4 is 27.9 Å². The zero-order chi connectivity index (χ0) is 25.2. The van der Waals surface area contributed by atoms with Crippen LogP contribution in [0.4, 0.5) is 0 Å². The van der Waals surface area contributed by atoms with Crippen molar-refractivity contribution < 1.29 is 32.3 Å². The molecule has 35 heavy (non-hydrogen) atoms. The van der Waals surface area contributed by atoms with E-state index in [0.717, 1.165) is 9.87 Å². The molecule has 2 aliphatic rings. The Kier molecular flexibility index (Phi) is 6.80. The molecular formula is C26H27NO7S. The number of piperidine rings is 1. The van der Waals surface area contributed by atoms with E-state index >= 15 is 0 Å². The number of allylic oxidation sites excluding steroid dienone is 1. The predicted octanol–water partition coefficient (Wildman–Crippen LogP) is 3.15. The zero-order valence-electron chi connectivity index (χ0n) is 19.5. The first kappa shape index (κ1) is 24.7. The highest BCUT2D eigenvalue weighted by atomic mass is 32.2. The molecule has 0 spiro atoms. The van der Waals surface area contributed by atoms with Gasteiger partial charge in [0.2, 0.25) is 0 Å². The van der Waals surface area contributed by atoms with Crippen LogP contribution in [0.2, 0.25) is 0 Å². The number of amides is 1. The van der Waals surface area contributed by atoms with Gasteiger partial charge in [-0.05, 0) is 49.5 Å². The summed E-state index contributed by atoms with van der Waals surface area (Å²) in [4.78, 5) is 39.6. The van der Waals surface area contributed by atoms with Crippen LogP contribution < -0.4 is 0 Å². The Morgan fingerprint density at radius 1 is 1.09 bits per heavy atom. The van der Waals surface area contributed by atoms with Gasteiger partial charge < -0.3 is 9.47 Å². The van der Waals surface area contributed by atoms with Gasteiger partial charge in [0.15, 0.2) is 5.41 Å². The summed E-state index contributed by atoms with van der Waals surface area (Å²) in [6.07, 6.45) is 2.51. The summed E-state index contributed by atoms with van der Waals surface area (Å²) in [5.74, 6) is -3.13. The number of esters is 2. The predicted molar refractivity (Wildman–Crippen MR) is 126 cm³/mol. The summed E-state index contributed by atoms with van der Waals surface area (Å²) in [6.45, 7) is 2.80. The van der Waals surface area contributed by atoms with E-state index in [1.807, 2.05) is 13.0 Å². The second-order valence-electron chi connectivity index (χ2n) is 8.81. The van der Waals surface area contributed by atoms with Crippen LogP contribution in [-0.2, 0) is 40.5 Å². The lowest BCUT2D eigenvalue weighted by Crippen LogP contribution is -2.65. The minimum Gasteiger partial charge on any atom is -0.460 e. The van der Waals surface area contributed by atoms with E-state index < -0.39 is 45.3 Å². The third kappa shape index (κ3) is 4.48. The van der Waals surface area contributed by atoms with Gasteiger partial charge in [-0.15, -0.1) is 0 Å². The van der Waals surface area contributed by atoms with Gasteiger partial charge in [0.25, 0.3) is 15.9 Å². The molecule has 0 N–H and O–H groups in total. The van der Waals surface area contributed by atoms with E-state index in [2.05, 4.69) is 0 Å². The average molecular weight is 498 g/mol. The van der Waals surface area contributed by atoms with Gasteiger partial charge in [0.1, 0.15) is 12.7 Å². The molecule has 2 aromatic carbocycles. The minimum absolute atomic E-state index is 0.0573. The van der Waals surface area contributed by atoms with Gasteiger partial charge in [-0.3, -0.25) is 14.4 Å². The summed E-state index contributed by atoms with van der Waals surface area (Å²) >= 11 is 0. The van der Waals surface area contributed by atoms with Gasteiger partial charge in [-0.25, -0.2) is 12.7 Å². The van der Waals surface area contributed by atoms with Gasteiger partial charge in [-0.2, -0.15) is 0 Å². The number of aryl methyl sites for hydroxylation is 1. The number of carbonyl (C=O) groups is 3. The van der Waals surface area contributed by atoms with Crippen LogP contribution in [0.15, 0.2) is 71.6 Å². The number of nitrogens with zero attached hydrogens (tertiary/aromatic N) is 1. The molecule has 2 aromatic rings. The standard InChI is InChI=1S/C26H27NO7S/c1-18-11-13-22(14-12-18)35(31,32)27-16-15-21-9-6-10-23(34-19(2)28)26(21,24(27)29)25(30)33-17-20-7-4-3-5-8-20/h3-8,10-14,21,23H,9,15-17H2,1-2H3/t21-,23+,26-/m0/s1. The number of hydrogen-bond donors (Lipinski definition) is 0. The molecule has 4 rings (SSSR count). The molecule has 0 aromatic heterocycles. The largest absolute Gasteiger partial charge is 0.460 e. The van der Waals surface area contributed by atoms with Crippen LogP contribution in [0, 0.1) is 18.3 Å². The van der Waals surface area contributed by atoms with Gasteiger partial charge in [0, 0.05) is 13.5 Å². The minimum atomic E-state index is -4.26. The molecule has 1 saturated heterocycles. The van der Waals surface area contributed by atoms with Crippen molar-refractivity contribution in [2.75, 3.05) is 6.54 Å². The van der Waals surface area contributed by atoms with E-state index in [1.165, 1.54) is 25.1 Å². The first-order chi connectivity index (χ1) is 16.7. The Bertz CT molecular complexity index is 1250. The van der Waals surface area contributed by atoms with Crippen LogP contribution >= 0.6 is 0 Å². The van der Waals surface area contributed by atoms with Crippen LogP contribution in [0.1, 0.15) is 30.9 Å². The molecule has 9 heteroatoms. The molecule has 3 atom stereocenters. The SMILES string of the molecule is CC(=O)O[C@@H]1C=CC[C@H]2CCN(S(=O)(=O)c3ccc(C)cc3)C(=O)[C@]21C(=O)OCc1ccccc1. The molecule has 0 radical (unpaired) electrons. The topological polar surface area (TPSA) is 107 Å². The summed E-state index contributed by atoms with van der Waals surface area (Å²) in [6, 6.07) is 15.1. The van der Waals surface area contributed by atoms with E-state index in [1.54, 1.807) is 42.5 Å². The maximum absolute atomic E-state index is 14.0. The lowest BCUT2D eigenvalue weighted by molar-refractivity contribution is -0.186. The number of rotatable bonds is 6. The third-order valence-corrected chi connectivity index (χ3v) is 8.33. The number of sulfonamides is 1. The highest BCUT2D eigenvalue weighted by Crippen LogP contribution is 2.48. The molecule has 1 aliphatic heterocycles. The van der Waals surface area contributed by atoms with Crippen molar-refractivity contribution in [2.24, 2.45) is 11.3 Å². The van der Waals surface area contributed by atoms with Gasteiger partial charge in [0.05, 0.1) is 4.90 Å². The quantitative estimate of drug-likeness (QED) is 0.343. The van der Waals surface area contributed by atoms with Crippen LogP contribution in [0.3, 0.4) is 0 Å². The molecule has 184 valence electrons. The fourth-order valence-corrected chi connectivity index (χ4v) is 6.20. The van der Waals surface area contributed by atoms with Crippen LogP contribution in [-0.4, -0.2) is 43.2 Å². The highest BCUT2D eigenvalue weighted by Gasteiger charge is 2.65. The van der Waals surface area contributed by atoms with Gasteiger partial charge >= 0.3 is 11.9 Å². The number of carbonyl (C=O) groups excluding carboxylic acids is 3. The van der Waals surface area contributed by atoms with E-state index in [0.29, 0.717) is 12.0 Å². The zero-order valence-corrected chi connectivity index (χ0v) is 20.4. The summed E-state index contributed by atoms with van der Waals surface area (Å²) in [5.41, 5.74) is -0.440. The normalized spacial score (nSPS) is 23.9. The lowest BCUT2D eigenvalue weighted by Gasteiger charge is -2.48. The average Bonchev–Trinajstić information content (AvgIpc) is 2.83. The number of benzene rings is 2. The first-order valence-electron chi connectivity index (χ1n) is 11.4. The molecule has 8 nitrogen and oxygen atoms in total. The van der Waals surface area contributed by atoms with Crippen LogP contribution in [0.25, 0.3) is 0 Å². The van der Waals surface area contributed by atoms with Crippen molar-refractivity contribution in [2.45, 2.75) is 44.3 Å². The molecule has 0 unspecified atom stereocenters. The Balaban J connectivity index is 1.76. The molecule has 0 bridgehead atoms. The second kappa shape index (κ2) is 9.65. The Labute approximate surface area is 204 Å². The molecule has 1 aliphatic carbocycles. The Morgan fingerprint density at radius 3 is 2.43 bits per heavy atom. The molecule has 1 heterocycles. The smallest absolute Gasteiger partial charge is 0.326 e. The van der Waals surface area contributed by atoms with E-state index in [-0.39, 0.29) is 24.5 Å². The van der Waals surface area contributed by atoms with E-state index in [4.69, 9.17) is 9.47 Å². The van der Waals surface area contributed by atoms with Crippen molar-refractivity contribution in [3.63, 3.8) is 0 Å². The summed E-state index contributed by atoms with van der Waals surface area (Å²) in [5, 5.41) is 0. The number of fused-ring (bicyclic) bond motifs is 1. The number of ether oxygens (including phenoxy) is 2. The fraction of sp³-hybridized carbons (Fsp3) is 0.346. The van der Waals surface area contributed by atoms with Gasteiger partial charge in [-0.1, -0.05) is 54.1 Å². The first-order valence-corrected chi connectivity index (χ1v) is 12.8. The molecule has 0 saturated carbocycles. The fourth-order valence-electron chi connectivity index (χ4n) is 4.75. The lowest BCUT2D eigenvalue weighted by atomic mass is 9.63. The Morgan fingerprint density at radius 2 is 1.77 bits per heavy atom. The third-order valence-electron chi connectivity index (χ3n) is 6.54. The van der Waals surface area contributed by atoms with Crippen molar-refractivity contribution in [1.82, 2.24) is 4.31 Å². The maximum Gasteiger partial charge on any atom is 0.326 e. The molecule has 1 fully saturated rings. The number of hydrogen-bond acceptors (Lipinski definition) is 7. The second-order valence-corrected chi connectivity index (χ2v) is 10.7. The van der Waals surface area contributed by atoms with Crippen LogP contribution in [0.5, 0.6) is 0 Å².